The maximum Gasteiger partial charge on any atom is 0.305 e. The lowest BCUT2D eigenvalue weighted by atomic mass is 9.99. The quantitative estimate of drug-likeness (QED) is 0.886. The highest BCUT2D eigenvalue weighted by Gasteiger charge is 2.34. The summed E-state index contributed by atoms with van der Waals surface area (Å²) < 4.78 is 0. The molecule has 2 rings (SSSR count). The van der Waals surface area contributed by atoms with E-state index in [9.17, 15) is 9.59 Å². The van der Waals surface area contributed by atoms with Gasteiger partial charge in [-0.3, -0.25) is 9.59 Å². The number of carboxylic acid groups (broad SMARTS) is 1. The fourth-order valence-corrected chi connectivity index (χ4v) is 2.43. The van der Waals surface area contributed by atoms with E-state index in [1.807, 2.05) is 32.0 Å². The largest absolute Gasteiger partial charge is 0.481 e. The lowest BCUT2D eigenvalue weighted by molar-refractivity contribution is -0.138. The molecule has 1 heterocycles. The van der Waals surface area contributed by atoms with E-state index in [2.05, 4.69) is 0 Å². The molecule has 1 aromatic rings. The predicted octanol–water partition coefficient (Wildman–Crippen LogP) is 2.14. The molecule has 0 bridgehead atoms. The van der Waals surface area contributed by atoms with Crippen LogP contribution in [-0.2, 0) is 11.3 Å². The molecule has 0 saturated heterocycles. The third kappa shape index (κ3) is 2.23. The first-order valence-electron chi connectivity index (χ1n) is 6.11. The molecule has 0 saturated carbocycles. The van der Waals surface area contributed by atoms with Gasteiger partial charge in [-0.15, -0.1) is 0 Å². The first kappa shape index (κ1) is 12.6. The van der Waals surface area contributed by atoms with E-state index in [1.54, 1.807) is 11.0 Å². The van der Waals surface area contributed by atoms with Crippen LogP contribution in [0.5, 0.6) is 0 Å². The number of carbonyl (C=O) groups excluding carboxylic acids is 1. The van der Waals surface area contributed by atoms with Crippen molar-refractivity contribution in [1.82, 2.24) is 4.90 Å². The second-order valence-electron chi connectivity index (χ2n) is 5.00. The van der Waals surface area contributed by atoms with E-state index in [0.717, 1.165) is 5.56 Å². The van der Waals surface area contributed by atoms with Crippen LogP contribution in [0.1, 0.15) is 36.2 Å². The molecule has 1 aliphatic heterocycles. The van der Waals surface area contributed by atoms with E-state index in [1.165, 1.54) is 0 Å². The number of fused-ring (bicyclic) bond motifs is 1. The molecule has 4 heteroatoms. The topological polar surface area (TPSA) is 57.6 Å². The minimum atomic E-state index is -0.863. The second kappa shape index (κ2) is 4.80. The van der Waals surface area contributed by atoms with Gasteiger partial charge < -0.3 is 10.0 Å². The SMILES string of the molecule is CC(C)[C@@H](CC(=O)O)N1Cc2ccccc2C1=O. The summed E-state index contributed by atoms with van der Waals surface area (Å²) in [6, 6.07) is 7.21. The van der Waals surface area contributed by atoms with Crippen LogP contribution in [0, 0.1) is 5.92 Å². The van der Waals surface area contributed by atoms with Crippen molar-refractivity contribution in [1.29, 1.82) is 0 Å². The summed E-state index contributed by atoms with van der Waals surface area (Å²) in [5, 5.41) is 8.96. The van der Waals surface area contributed by atoms with E-state index in [0.29, 0.717) is 12.1 Å². The molecule has 18 heavy (non-hydrogen) atoms. The second-order valence-corrected chi connectivity index (χ2v) is 5.00. The fourth-order valence-electron chi connectivity index (χ4n) is 2.43. The Morgan fingerprint density at radius 3 is 2.61 bits per heavy atom. The van der Waals surface area contributed by atoms with E-state index in [4.69, 9.17) is 5.11 Å². The average molecular weight is 247 g/mol. The number of rotatable bonds is 4. The number of hydrogen-bond donors (Lipinski definition) is 1. The Balaban J connectivity index is 2.25. The number of amides is 1. The van der Waals surface area contributed by atoms with Gasteiger partial charge in [0.1, 0.15) is 0 Å². The van der Waals surface area contributed by atoms with Crippen LogP contribution in [0.15, 0.2) is 24.3 Å². The van der Waals surface area contributed by atoms with Gasteiger partial charge in [0.2, 0.25) is 0 Å². The molecule has 0 aromatic heterocycles. The molecule has 1 atom stereocenters. The molecule has 0 radical (unpaired) electrons. The molecule has 0 aliphatic carbocycles. The standard InChI is InChI=1S/C14H17NO3/c1-9(2)12(7-13(16)17)15-8-10-5-3-4-6-11(10)14(15)18/h3-6,9,12H,7-8H2,1-2H3,(H,16,17)/t12-/m1/s1. The monoisotopic (exact) mass is 247 g/mol. The van der Waals surface area contributed by atoms with Crippen LogP contribution in [0.4, 0.5) is 0 Å². The highest BCUT2D eigenvalue weighted by Crippen LogP contribution is 2.28. The third-order valence-electron chi connectivity index (χ3n) is 3.40. The van der Waals surface area contributed by atoms with Crippen molar-refractivity contribution < 1.29 is 14.7 Å². The van der Waals surface area contributed by atoms with Crippen molar-refractivity contribution in [3.63, 3.8) is 0 Å². The maximum absolute atomic E-state index is 12.3. The van der Waals surface area contributed by atoms with Crippen molar-refractivity contribution in [2.75, 3.05) is 0 Å². The number of hydrogen-bond acceptors (Lipinski definition) is 2. The molecule has 1 amide bonds. The average Bonchev–Trinajstić information content (AvgIpc) is 2.64. The molecule has 1 aliphatic rings. The molecular weight excluding hydrogens is 230 g/mol. The van der Waals surface area contributed by atoms with Crippen LogP contribution in [0.25, 0.3) is 0 Å². The van der Waals surface area contributed by atoms with Gasteiger partial charge in [-0.25, -0.2) is 0 Å². The maximum atomic E-state index is 12.3. The van der Waals surface area contributed by atoms with Crippen molar-refractivity contribution in [2.24, 2.45) is 5.92 Å². The molecule has 1 aromatic carbocycles. The Morgan fingerprint density at radius 1 is 1.39 bits per heavy atom. The predicted molar refractivity (Wildman–Crippen MR) is 67.2 cm³/mol. The molecule has 4 nitrogen and oxygen atoms in total. The number of benzene rings is 1. The summed E-state index contributed by atoms with van der Waals surface area (Å²) in [7, 11) is 0. The summed E-state index contributed by atoms with van der Waals surface area (Å²) in [5.41, 5.74) is 1.69. The number of aliphatic carboxylic acids is 1. The van der Waals surface area contributed by atoms with Gasteiger partial charge >= 0.3 is 5.97 Å². The summed E-state index contributed by atoms with van der Waals surface area (Å²) >= 11 is 0. The highest BCUT2D eigenvalue weighted by atomic mass is 16.4. The van der Waals surface area contributed by atoms with Crippen LogP contribution in [0.3, 0.4) is 0 Å². The third-order valence-corrected chi connectivity index (χ3v) is 3.40. The molecule has 0 spiro atoms. The zero-order valence-electron chi connectivity index (χ0n) is 10.6. The first-order chi connectivity index (χ1) is 8.50. The van der Waals surface area contributed by atoms with Crippen LogP contribution in [0.2, 0.25) is 0 Å². The first-order valence-corrected chi connectivity index (χ1v) is 6.11. The number of carbonyl (C=O) groups is 2. The molecule has 1 N–H and O–H groups in total. The van der Waals surface area contributed by atoms with Crippen molar-refractivity contribution in [3.8, 4) is 0 Å². The van der Waals surface area contributed by atoms with Crippen molar-refractivity contribution in [2.45, 2.75) is 32.9 Å². The summed E-state index contributed by atoms with van der Waals surface area (Å²) in [6.45, 7) is 4.42. The minimum absolute atomic E-state index is 0.00258. The van der Waals surface area contributed by atoms with Gasteiger partial charge in [0.25, 0.3) is 5.91 Å². The van der Waals surface area contributed by atoms with Gasteiger partial charge in [0.05, 0.1) is 6.42 Å². The van der Waals surface area contributed by atoms with E-state index in [-0.39, 0.29) is 24.3 Å². The number of carboxylic acids is 1. The van der Waals surface area contributed by atoms with Crippen LogP contribution < -0.4 is 0 Å². The normalized spacial score (nSPS) is 15.9. The zero-order chi connectivity index (χ0) is 13.3. The number of nitrogens with zero attached hydrogens (tertiary/aromatic N) is 1. The highest BCUT2D eigenvalue weighted by molar-refractivity contribution is 5.98. The molecule has 96 valence electrons. The molecular formula is C14H17NO3. The summed E-state index contributed by atoms with van der Waals surface area (Å²) in [4.78, 5) is 24.9. The Kier molecular flexibility index (Phi) is 3.36. The molecule has 0 fully saturated rings. The summed E-state index contributed by atoms with van der Waals surface area (Å²) in [6.07, 6.45) is -0.00258. The lowest BCUT2D eigenvalue weighted by Crippen LogP contribution is -2.40. The smallest absolute Gasteiger partial charge is 0.305 e. The zero-order valence-corrected chi connectivity index (χ0v) is 10.6. The van der Waals surface area contributed by atoms with Gasteiger partial charge in [0.15, 0.2) is 0 Å². The Labute approximate surface area is 106 Å². The van der Waals surface area contributed by atoms with E-state index >= 15 is 0 Å². The van der Waals surface area contributed by atoms with Crippen molar-refractivity contribution in [3.05, 3.63) is 35.4 Å². The van der Waals surface area contributed by atoms with Crippen molar-refractivity contribution >= 4 is 11.9 Å². The van der Waals surface area contributed by atoms with Gasteiger partial charge in [0, 0.05) is 18.2 Å². The van der Waals surface area contributed by atoms with Gasteiger partial charge in [-0.05, 0) is 17.5 Å². The Hall–Kier alpha value is -1.84. The lowest BCUT2D eigenvalue weighted by Gasteiger charge is -2.29. The Bertz CT molecular complexity index is 482. The van der Waals surface area contributed by atoms with Gasteiger partial charge in [-0.1, -0.05) is 32.0 Å². The minimum Gasteiger partial charge on any atom is -0.481 e. The summed E-state index contributed by atoms with van der Waals surface area (Å²) in [5.74, 6) is -0.789. The van der Waals surface area contributed by atoms with Crippen LogP contribution >= 0.6 is 0 Å². The molecule has 0 unspecified atom stereocenters. The van der Waals surface area contributed by atoms with Gasteiger partial charge in [-0.2, -0.15) is 0 Å². The van der Waals surface area contributed by atoms with Crippen LogP contribution in [-0.4, -0.2) is 27.9 Å². The fraction of sp³-hybridized carbons (Fsp3) is 0.429. The Morgan fingerprint density at radius 2 is 2.06 bits per heavy atom. The van der Waals surface area contributed by atoms with E-state index < -0.39 is 5.97 Å².